The standard InChI is InChI=1S/C15H16FNO3S/c1-3-20-14-6-4-5-7-15(14)21(18,19)17-12-9-8-11(2)13(16)10-12/h4-10,17H,3H2,1-2H3. The first-order valence-electron chi connectivity index (χ1n) is 6.45. The van der Waals surface area contributed by atoms with E-state index in [0.29, 0.717) is 12.2 Å². The molecule has 1 N–H and O–H groups in total. The van der Waals surface area contributed by atoms with Gasteiger partial charge in [-0.2, -0.15) is 0 Å². The summed E-state index contributed by atoms with van der Waals surface area (Å²) in [5, 5.41) is 0. The van der Waals surface area contributed by atoms with E-state index in [0.717, 1.165) is 6.07 Å². The Morgan fingerprint density at radius 2 is 1.90 bits per heavy atom. The van der Waals surface area contributed by atoms with Gasteiger partial charge in [0.1, 0.15) is 16.5 Å². The smallest absolute Gasteiger partial charge is 0.265 e. The van der Waals surface area contributed by atoms with E-state index in [9.17, 15) is 12.8 Å². The van der Waals surface area contributed by atoms with Gasteiger partial charge in [-0.3, -0.25) is 4.72 Å². The number of benzene rings is 2. The zero-order chi connectivity index (χ0) is 15.5. The van der Waals surface area contributed by atoms with Gasteiger partial charge in [-0.15, -0.1) is 0 Å². The molecule has 0 bridgehead atoms. The fourth-order valence-corrected chi connectivity index (χ4v) is 3.01. The van der Waals surface area contributed by atoms with E-state index in [1.807, 2.05) is 0 Å². The molecule has 0 heterocycles. The van der Waals surface area contributed by atoms with E-state index < -0.39 is 15.8 Å². The van der Waals surface area contributed by atoms with Crippen LogP contribution < -0.4 is 9.46 Å². The first kappa shape index (κ1) is 15.3. The van der Waals surface area contributed by atoms with Crippen molar-refractivity contribution in [3.63, 3.8) is 0 Å². The quantitative estimate of drug-likeness (QED) is 0.921. The molecule has 2 rings (SSSR count). The number of rotatable bonds is 5. The molecule has 4 nitrogen and oxygen atoms in total. The van der Waals surface area contributed by atoms with Crippen LogP contribution in [-0.2, 0) is 10.0 Å². The third kappa shape index (κ3) is 3.52. The SMILES string of the molecule is CCOc1ccccc1S(=O)(=O)Nc1ccc(C)c(F)c1. The van der Waals surface area contributed by atoms with Crippen LogP contribution in [0.4, 0.5) is 10.1 Å². The van der Waals surface area contributed by atoms with Crippen molar-refractivity contribution in [1.29, 1.82) is 0 Å². The van der Waals surface area contributed by atoms with E-state index in [1.165, 1.54) is 18.2 Å². The van der Waals surface area contributed by atoms with Gasteiger partial charge in [0.15, 0.2) is 0 Å². The Bertz CT molecular complexity index is 744. The van der Waals surface area contributed by atoms with Crippen LogP contribution >= 0.6 is 0 Å². The number of hydrogen-bond acceptors (Lipinski definition) is 3. The molecule has 0 spiro atoms. The number of hydrogen-bond donors (Lipinski definition) is 1. The molecule has 0 aliphatic carbocycles. The van der Waals surface area contributed by atoms with Crippen molar-refractivity contribution in [3.8, 4) is 5.75 Å². The van der Waals surface area contributed by atoms with Gasteiger partial charge in [0.25, 0.3) is 10.0 Å². The average Bonchev–Trinajstić information content (AvgIpc) is 2.43. The molecular formula is C15H16FNO3S. The summed E-state index contributed by atoms with van der Waals surface area (Å²) in [6, 6.07) is 10.5. The molecule has 2 aromatic carbocycles. The van der Waals surface area contributed by atoms with E-state index in [-0.39, 0.29) is 16.3 Å². The van der Waals surface area contributed by atoms with Gasteiger partial charge < -0.3 is 4.74 Å². The number of para-hydroxylation sites is 1. The van der Waals surface area contributed by atoms with Crippen molar-refractivity contribution in [2.24, 2.45) is 0 Å². The van der Waals surface area contributed by atoms with Crippen LogP contribution in [0.2, 0.25) is 0 Å². The van der Waals surface area contributed by atoms with Gasteiger partial charge in [0, 0.05) is 0 Å². The van der Waals surface area contributed by atoms with Crippen molar-refractivity contribution in [2.45, 2.75) is 18.7 Å². The van der Waals surface area contributed by atoms with Crippen LogP contribution in [-0.4, -0.2) is 15.0 Å². The lowest BCUT2D eigenvalue weighted by molar-refractivity contribution is 0.331. The highest BCUT2D eigenvalue weighted by atomic mass is 32.2. The summed E-state index contributed by atoms with van der Waals surface area (Å²) in [6.45, 7) is 3.73. The van der Waals surface area contributed by atoms with Crippen LogP contribution in [0.15, 0.2) is 47.4 Å². The Kier molecular flexibility index (Phi) is 4.47. The Morgan fingerprint density at radius 3 is 2.57 bits per heavy atom. The molecule has 0 saturated carbocycles. The topological polar surface area (TPSA) is 55.4 Å². The number of sulfonamides is 1. The second kappa shape index (κ2) is 6.13. The van der Waals surface area contributed by atoms with E-state index in [2.05, 4.69) is 4.72 Å². The van der Waals surface area contributed by atoms with Crippen molar-refractivity contribution in [2.75, 3.05) is 11.3 Å². The molecule has 0 saturated heterocycles. The predicted molar refractivity (Wildman–Crippen MR) is 79.6 cm³/mol. The summed E-state index contributed by atoms with van der Waals surface area (Å²) in [4.78, 5) is 0.0211. The summed E-state index contributed by atoms with van der Waals surface area (Å²) in [5.74, 6) is -0.201. The fraction of sp³-hybridized carbons (Fsp3) is 0.200. The zero-order valence-electron chi connectivity index (χ0n) is 11.8. The molecule has 112 valence electrons. The van der Waals surface area contributed by atoms with Gasteiger partial charge in [0.05, 0.1) is 12.3 Å². The second-order valence-corrected chi connectivity index (χ2v) is 6.10. The fourth-order valence-electron chi connectivity index (χ4n) is 1.81. The molecule has 6 heteroatoms. The van der Waals surface area contributed by atoms with Gasteiger partial charge >= 0.3 is 0 Å². The third-order valence-corrected chi connectivity index (χ3v) is 4.28. The molecule has 21 heavy (non-hydrogen) atoms. The van der Waals surface area contributed by atoms with E-state index in [1.54, 1.807) is 32.0 Å². The molecule has 0 unspecified atom stereocenters. The minimum absolute atomic E-state index is 0.0211. The highest BCUT2D eigenvalue weighted by molar-refractivity contribution is 7.92. The molecule has 0 aromatic heterocycles. The normalized spacial score (nSPS) is 11.2. The van der Waals surface area contributed by atoms with Gasteiger partial charge in [-0.25, -0.2) is 12.8 Å². The number of ether oxygens (including phenoxy) is 1. The molecule has 0 radical (unpaired) electrons. The predicted octanol–water partition coefficient (Wildman–Crippen LogP) is 3.33. The molecule has 0 amide bonds. The highest BCUT2D eigenvalue weighted by Gasteiger charge is 2.19. The van der Waals surface area contributed by atoms with E-state index >= 15 is 0 Å². The first-order valence-corrected chi connectivity index (χ1v) is 7.93. The Labute approximate surface area is 123 Å². The molecule has 0 fully saturated rings. The minimum Gasteiger partial charge on any atom is -0.492 e. The largest absolute Gasteiger partial charge is 0.492 e. The molecule has 0 atom stereocenters. The first-order chi connectivity index (χ1) is 9.94. The van der Waals surface area contributed by atoms with Crippen LogP contribution in [0.5, 0.6) is 5.75 Å². The summed E-state index contributed by atoms with van der Waals surface area (Å²) >= 11 is 0. The molecule has 2 aromatic rings. The van der Waals surface area contributed by atoms with Gasteiger partial charge in [-0.05, 0) is 43.7 Å². The lowest BCUT2D eigenvalue weighted by atomic mass is 10.2. The number of anilines is 1. The molecule has 0 aliphatic rings. The Hall–Kier alpha value is -2.08. The molecular weight excluding hydrogens is 293 g/mol. The average molecular weight is 309 g/mol. The van der Waals surface area contributed by atoms with Crippen LogP contribution in [0.1, 0.15) is 12.5 Å². The Balaban J connectivity index is 2.36. The number of aryl methyl sites for hydroxylation is 1. The summed E-state index contributed by atoms with van der Waals surface area (Å²) in [5.41, 5.74) is 0.622. The number of nitrogens with one attached hydrogen (secondary N) is 1. The minimum atomic E-state index is -3.84. The van der Waals surface area contributed by atoms with Crippen LogP contribution in [0.25, 0.3) is 0 Å². The van der Waals surface area contributed by atoms with E-state index in [4.69, 9.17) is 4.74 Å². The Morgan fingerprint density at radius 1 is 1.19 bits per heavy atom. The van der Waals surface area contributed by atoms with Crippen LogP contribution in [0, 0.1) is 12.7 Å². The van der Waals surface area contributed by atoms with Crippen molar-refractivity contribution in [1.82, 2.24) is 0 Å². The lowest BCUT2D eigenvalue weighted by Gasteiger charge is -2.12. The maximum atomic E-state index is 13.5. The monoisotopic (exact) mass is 309 g/mol. The highest BCUT2D eigenvalue weighted by Crippen LogP contribution is 2.26. The summed E-state index contributed by atoms with van der Waals surface area (Å²) in [6.07, 6.45) is 0. The van der Waals surface area contributed by atoms with Gasteiger partial charge in [0.2, 0.25) is 0 Å². The van der Waals surface area contributed by atoms with Crippen LogP contribution in [0.3, 0.4) is 0 Å². The van der Waals surface area contributed by atoms with Gasteiger partial charge in [-0.1, -0.05) is 18.2 Å². The van der Waals surface area contributed by atoms with Crippen molar-refractivity contribution < 1.29 is 17.5 Å². The summed E-state index contributed by atoms with van der Waals surface area (Å²) in [7, 11) is -3.84. The second-order valence-electron chi connectivity index (χ2n) is 4.45. The van der Waals surface area contributed by atoms with Crippen molar-refractivity contribution >= 4 is 15.7 Å². The third-order valence-electron chi connectivity index (χ3n) is 2.86. The maximum Gasteiger partial charge on any atom is 0.265 e. The molecule has 0 aliphatic heterocycles. The number of halogens is 1. The van der Waals surface area contributed by atoms with Crippen molar-refractivity contribution in [3.05, 3.63) is 53.8 Å². The zero-order valence-corrected chi connectivity index (χ0v) is 12.6. The summed E-state index contributed by atoms with van der Waals surface area (Å²) < 4.78 is 45.9. The maximum absolute atomic E-state index is 13.5. The lowest BCUT2D eigenvalue weighted by Crippen LogP contribution is -2.14.